The summed E-state index contributed by atoms with van der Waals surface area (Å²) in [6, 6.07) is 6.32. The summed E-state index contributed by atoms with van der Waals surface area (Å²) in [4.78, 5) is 24.9. The summed E-state index contributed by atoms with van der Waals surface area (Å²) >= 11 is 0. The lowest BCUT2D eigenvalue weighted by Gasteiger charge is -2.19. The molecule has 7 nitrogen and oxygen atoms in total. The van der Waals surface area contributed by atoms with E-state index in [-0.39, 0.29) is 22.3 Å². The molecular weight excluding hydrogens is 406 g/mol. The number of methoxy groups -OCH3 is 3. The molecule has 0 heterocycles. The van der Waals surface area contributed by atoms with Gasteiger partial charge in [-0.25, -0.2) is 0 Å². The molecule has 1 aliphatic rings. The molecule has 30 heavy (non-hydrogen) atoms. The van der Waals surface area contributed by atoms with Gasteiger partial charge in [-0.05, 0) is 47.7 Å². The molecule has 0 saturated heterocycles. The average molecular weight is 432 g/mol. The molecule has 1 N–H and O–H groups in total. The van der Waals surface area contributed by atoms with Gasteiger partial charge in [0, 0.05) is 18.7 Å². The fraction of sp³-hybridized carbons (Fsp3) is 0.364. The predicted molar refractivity (Wildman–Crippen MR) is 115 cm³/mol. The number of benzene rings is 1. The number of hydrogen-bond donors (Lipinski definition) is 1. The van der Waals surface area contributed by atoms with Gasteiger partial charge in [0.15, 0.2) is 16.9 Å². The van der Waals surface area contributed by atoms with Crippen LogP contribution in [0.4, 0.5) is 0 Å². The van der Waals surface area contributed by atoms with Gasteiger partial charge in [-0.2, -0.15) is 0 Å². The number of rotatable bonds is 5. The normalized spacial score (nSPS) is 15.8. The maximum absolute atomic E-state index is 12.8. The van der Waals surface area contributed by atoms with Crippen molar-refractivity contribution in [3.05, 3.63) is 45.6 Å². The molecule has 1 amide bonds. The third-order valence-electron chi connectivity index (χ3n) is 5.19. The van der Waals surface area contributed by atoms with E-state index in [0.29, 0.717) is 41.2 Å². The Hall–Kier alpha value is -2.87. The standard InChI is InChI=1S/C22H25NO6S/c1-12(24)23-16-8-6-13-10-18(27-2)21(28-3)22(29-4)20(13)14-7-9-19(30(5)26)17(25)11-15(14)16/h7,9-11,16H,6,8H2,1-5H3,(H,23,24)/t16-,30+/m0/s1. The summed E-state index contributed by atoms with van der Waals surface area (Å²) in [6.45, 7) is 1.44. The molecule has 0 aliphatic heterocycles. The Bertz CT molecular complexity index is 1080. The van der Waals surface area contributed by atoms with Crippen LogP contribution in [0.1, 0.15) is 30.5 Å². The highest BCUT2D eigenvalue weighted by atomic mass is 32.2. The topological polar surface area (TPSA) is 90.9 Å². The fourth-order valence-electron chi connectivity index (χ4n) is 3.93. The Balaban J connectivity index is 2.44. The maximum atomic E-state index is 12.8. The zero-order chi connectivity index (χ0) is 22.0. The van der Waals surface area contributed by atoms with E-state index in [1.165, 1.54) is 26.4 Å². The molecule has 0 bridgehead atoms. The van der Waals surface area contributed by atoms with Crippen molar-refractivity contribution in [1.29, 1.82) is 0 Å². The minimum atomic E-state index is -1.45. The molecule has 0 fully saturated rings. The number of carbonyl (C=O) groups is 1. The highest BCUT2D eigenvalue weighted by Gasteiger charge is 2.29. The Labute approximate surface area is 177 Å². The first kappa shape index (κ1) is 21.8. The Morgan fingerprint density at radius 2 is 1.80 bits per heavy atom. The molecule has 1 aliphatic carbocycles. The second-order valence-electron chi connectivity index (χ2n) is 7.00. The zero-order valence-electron chi connectivity index (χ0n) is 17.7. The van der Waals surface area contributed by atoms with Gasteiger partial charge in [0.2, 0.25) is 11.7 Å². The molecule has 0 saturated carbocycles. The molecular formula is C22H25NO6S. The van der Waals surface area contributed by atoms with Crippen LogP contribution in [-0.4, -0.2) is 37.7 Å². The highest BCUT2D eigenvalue weighted by molar-refractivity contribution is 7.84. The van der Waals surface area contributed by atoms with E-state index >= 15 is 0 Å². The SMILES string of the molecule is COc1cc2c(c(OC)c1OC)-c1ccc([S@@](C)=O)c(=O)cc1[C@@H](NC(C)=O)CC2. The van der Waals surface area contributed by atoms with E-state index in [4.69, 9.17) is 14.2 Å². The van der Waals surface area contributed by atoms with Crippen LogP contribution in [0.25, 0.3) is 11.1 Å². The molecule has 0 radical (unpaired) electrons. The molecule has 2 atom stereocenters. The van der Waals surface area contributed by atoms with Crippen molar-refractivity contribution in [2.45, 2.75) is 30.7 Å². The summed E-state index contributed by atoms with van der Waals surface area (Å²) in [5, 5.41) is 2.94. The van der Waals surface area contributed by atoms with Crippen LogP contribution >= 0.6 is 0 Å². The maximum Gasteiger partial charge on any atom is 0.217 e. The summed E-state index contributed by atoms with van der Waals surface area (Å²) in [6.07, 6.45) is 2.66. The molecule has 160 valence electrons. The number of amides is 1. The summed E-state index contributed by atoms with van der Waals surface area (Å²) < 4.78 is 28.8. The van der Waals surface area contributed by atoms with E-state index in [0.717, 1.165) is 11.1 Å². The van der Waals surface area contributed by atoms with Crippen molar-refractivity contribution in [2.75, 3.05) is 27.6 Å². The molecule has 8 heteroatoms. The van der Waals surface area contributed by atoms with Crippen LogP contribution < -0.4 is 25.0 Å². The summed E-state index contributed by atoms with van der Waals surface area (Å²) in [5.74, 6) is 1.26. The second kappa shape index (κ2) is 8.87. The monoisotopic (exact) mass is 431 g/mol. The first-order valence-electron chi connectivity index (χ1n) is 9.43. The van der Waals surface area contributed by atoms with Crippen molar-refractivity contribution in [3.8, 4) is 28.4 Å². The lowest BCUT2D eigenvalue weighted by molar-refractivity contribution is -0.119. The molecule has 2 aromatic rings. The summed E-state index contributed by atoms with van der Waals surface area (Å²) in [5.41, 5.74) is 2.73. The third kappa shape index (κ3) is 3.92. The highest BCUT2D eigenvalue weighted by Crippen LogP contribution is 2.50. The first-order valence-corrected chi connectivity index (χ1v) is 11.0. The van der Waals surface area contributed by atoms with E-state index in [2.05, 4.69) is 5.32 Å². The van der Waals surface area contributed by atoms with Gasteiger partial charge >= 0.3 is 0 Å². The molecule has 0 aromatic heterocycles. The summed E-state index contributed by atoms with van der Waals surface area (Å²) in [7, 11) is 3.18. The molecule has 0 unspecified atom stereocenters. The van der Waals surface area contributed by atoms with Crippen LogP contribution in [0.2, 0.25) is 0 Å². The van der Waals surface area contributed by atoms with Crippen LogP contribution in [-0.2, 0) is 22.0 Å². The fourth-order valence-corrected chi connectivity index (χ4v) is 4.53. The van der Waals surface area contributed by atoms with E-state index < -0.39 is 10.8 Å². The minimum absolute atomic E-state index is 0.197. The number of hydrogen-bond acceptors (Lipinski definition) is 6. The van der Waals surface area contributed by atoms with E-state index in [1.807, 2.05) is 6.07 Å². The van der Waals surface area contributed by atoms with E-state index in [9.17, 15) is 13.8 Å². The number of ether oxygens (including phenoxy) is 3. The van der Waals surface area contributed by atoms with Crippen LogP contribution in [0.15, 0.2) is 34.0 Å². The van der Waals surface area contributed by atoms with Crippen molar-refractivity contribution < 1.29 is 23.2 Å². The van der Waals surface area contributed by atoms with Gasteiger partial charge in [-0.3, -0.25) is 13.8 Å². The third-order valence-corrected chi connectivity index (χ3v) is 6.14. The molecule has 0 spiro atoms. The average Bonchev–Trinajstić information content (AvgIpc) is 2.95. The van der Waals surface area contributed by atoms with Crippen LogP contribution in [0, 0.1) is 0 Å². The second-order valence-corrected chi connectivity index (χ2v) is 8.35. The molecule has 3 rings (SSSR count). The van der Waals surface area contributed by atoms with Crippen LogP contribution in [0.3, 0.4) is 0 Å². The zero-order valence-corrected chi connectivity index (χ0v) is 18.5. The Kier molecular flexibility index (Phi) is 6.45. The van der Waals surface area contributed by atoms with Gasteiger partial charge in [-0.1, -0.05) is 6.07 Å². The van der Waals surface area contributed by atoms with Gasteiger partial charge in [-0.15, -0.1) is 0 Å². The van der Waals surface area contributed by atoms with Gasteiger partial charge in [0.25, 0.3) is 0 Å². The Morgan fingerprint density at radius 3 is 2.37 bits per heavy atom. The van der Waals surface area contributed by atoms with Crippen molar-refractivity contribution in [3.63, 3.8) is 0 Å². The number of carbonyl (C=O) groups excluding carboxylic acids is 1. The lowest BCUT2D eigenvalue weighted by atomic mass is 9.95. The largest absolute Gasteiger partial charge is 0.493 e. The minimum Gasteiger partial charge on any atom is -0.493 e. The number of nitrogens with one attached hydrogen (secondary N) is 1. The van der Waals surface area contributed by atoms with Crippen LogP contribution in [0.5, 0.6) is 17.2 Å². The van der Waals surface area contributed by atoms with Crippen molar-refractivity contribution >= 4 is 16.7 Å². The van der Waals surface area contributed by atoms with E-state index in [1.54, 1.807) is 26.4 Å². The Morgan fingerprint density at radius 1 is 1.10 bits per heavy atom. The van der Waals surface area contributed by atoms with Gasteiger partial charge < -0.3 is 19.5 Å². The van der Waals surface area contributed by atoms with Gasteiger partial charge in [0.1, 0.15) is 0 Å². The number of fused-ring (bicyclic) bond motifs is 3. The smallest absolute Gasteiger partial charge is 0.217 e. The number of aryl methyl sites for hydroxylation is 1. The molecule has 2 aromatic carbocycles. The van der Waals surface area contributed by atoms with Crippen molar-refractivity contribution in [2.24, 2.45) is 0 Å². The first-order chi connectivity index (χ1) is 14.3. The lowest BCUT2D eigenvalue weighted by Crippen LogP contribution is -2.26. The predicted octanol–water partition coefficient (Wildman–Crippen LogP) is 2.60. The van der Waals surface area contributed by atoms with Crippen molar-refractivity contribution in [1.82, 2.24) is 5.32 Å². The van der Waals surface area contributed by atoms with Gasteiger partial charge in [0.05, 0.1) is 43.1 Å². The quantitative estimate of drug-likeness (QED) is 0.783.